The first-order chi connectivity index (χ1) is 8.65. The van der Waals surface area contributed by atoms with Crippen LogP contribution in [0.15, 0.2) is 23.3 Å². The van der Waals surface area contributed by atoms with Gasteiger partial charge in [-0.25, -0.2) is 0 Å². The number of unbranched alkanes of at least 4 members (excludes halogenated alkanes) is 1. The van der Waals surface area contributed by atoms with Gasteiger partial charge in [0, 0.05) is 23.0 Å². The first-order valence-corrected chi connectivity index (χ1v) is 6.15. The van der Waals surface area contributed by atoms with Crippen LogP contribution >= 0.6 is 23.2 Å². The Morgan fingerprint density at radius 1 is 1.39 bits per heavy atom. The molecule has 0 spiro atoms. The maximum Gasteiger partial charge on any atom is 0.252 e. The van der Waals surface area contributed by atoms with Gasteiger partial charge in [-0.05, 0) is 36.6 Å². The van der Waals surface area contributed by atoms with E-state index in [0.29, 0.717) is 28.7 Å². The van der Waals surface area contributed by atoms with Crippen LogP contribution in [0, 0.1) is 0 Å². The van der Waals surface area contributed by atoms with Crippen molar-refractivity contribution in [2.24, 2.45) is 5.11 Å². The zero-order valence-electron chi connectivity index (χ0n) is 9.57. The maximum atomic E-state index is 11.7. The van der Waals surface area contributed by atoms with E-state index in [0.717, 1.165) is 12.8 Å². The number of carbonyl (C=O) groups excluding carboxylic acids is 1. The van der Waals surface area contributed by atoms with Gasteiger partial charge in [0.05, 0.1) is 10.6 Å². The molecule has 0 saturated heterocycles. The summed E-state index contributed by atoms with van der Waals surface area (Å²) >= 11 is 11.6. The minimum atomic E-state index is -0.236. The number of nitrogens with one attached hydrogen (secondary N) is 1. The van der Waals surface area contributed by atoms with Crippen LogP contribution in [-0.2, 0) is 0 Å². The summed E-state index contributed by atoms with van der Waals surface area (Å²) in [5, 5.41) is 6.96. The zero-order valence-corrected chi connectivity index (χ0v) is 11.1. The molecule has 1 rings (SSSR count). The van der Waals surface area contributed by atoms with Gasteiger partial charge in [-0.2, -0.15) is 0 Å². The Labute approximate surface area is 115 Å². The second-order valence-electron chi connectivity index (χ2n) is 3.54. The fourth-order valence-corrected chi connectivity index (χ4v) is 1.82. The van der Waals surface area contributed by atoms with Crippen molar-refractivity contribution in [1.29, 1.82) is 0 Å². The molecule has 0 unspecified atom stereocenters. The summed E-state index contributed by atoms with van der Waals surface area (Å²) in [6.45, 7) is 0.951. The lowest BCUT2D eigenvalue weighted by molar-refractivity contribution is 0.0953. The van der Waals surface area contributed by atoms with Crippen molar-refractivity contribution in [3.05, 3.63) is 44.3 Å². The van der Waals surface area contributed by atoms with Crippen molar-refractivity contribution in [2.75, 3.05) is 13.1 Å². The Morgan fingerprint density at radius 2 is 2.17 bits per heavy atom. The number of azide groups is 1. The summed E-state index contributed by atoms with van der Waals surface area (Å²) in [4.78, 5) is 14.4. The third kappa shape index (κ3) is 4.84. The fourth-order valence-electron chi connectivity index (χ4n) is 1.32. The van der Waals surface area contributed by atoms with E-state index in [-0.39, 0.29) is 5.91 Å². The summed E-state index contributed by atoms with van der Waals surface area (Å²) in [7, 11) is 0. The van der Waals surface area contributed by atoms with Gasteiger partial charge in [0.25, 0.3) is 5.91 Å². The van der Waals surface area contributed by atoms with Crippen molar-refractivity contribution in [1.82, 2.24) is 5.32 Å². The van der Waals surface area contributed by atoms with Crippen LogP contribution in [0.3, 0.4) is 0 Å². The highest BCUT2D eigenvalue weighted by Gasteiger charge is 2.09. The number of hydrogen-bond acceptors (Lipinski definition) is 2. The minimum Gasteiger partial charge on any atom is -0.352 e. The Kier molecular flexibility index (Phi) is 6.36. The summed E-state index contributed by atoms with van der Waals surface area (Å²) < 4.78 is 0. The van der Waals surface area contributed by atoms with Crippen LogP contribution in [0.25, 0.3) is 10.4 Å². The molecule has 1 N–H and O–H groups in total. The number of rotatable bonds is 6. The molecule has 0 fully saturated rings. The minimum absolute atomic E-state index is 0.236. The van der Waals surface area contributed by atoms with Crippen molar-refractivity contribution in [3.8, 4) is 0 Å². The molecule has 1 amide bonds. The van der Waals surface area contributed by atoms with Gasteiger partial charge in [-0.1, -0.05) is 28.3 Å². The monoisotopic (exact) mass is 286 g/mol. The van der Waals surface area contributed by atoms with Gasteiger partial charge in [-0.3, -0.25) is 4.79 Å². The molecule has 96 valence electrons. The Balaban J connectivity index is 2.38. The highest BCUT2D eigenvalue weighted by atomic mass is 35.5. The summed E-state index contributed by atoms with van der Waals surface area (Å²) in [6.07, 6.45) is 1.48. The number of nitrogens with zero attached hydrogens (tertiary/aromatic N) is 3. The van der Waals surface area contributed by atoms with Gasteiger partial charge < -0.3 is 5.32 Å². The van der Waals surface area contributed by atoms with E-state index in [1.54, 1.807) is 12.1 Å². The van der Waals surface area contributed by atoms with E-state index in [4.69, 9.17) is 28.7 Å². The molecule has 0 heterocycles. The van der Waals surface area contributed by atoms with Crippen LogP contribution in [0.4, 0.5) is 0 Å². The van der Waals surface area contributed by atoms with Crippen molar-refractivity contribution in [3.63, 3.8) is 0 Å². The molecule has 0 aliphatic heterocycles. The van der Waals surface area contributed by atoms with Crippen LogP contribution in [0.2, 0.25) is 10.0 Å². The van der Waals surface area contributed by atoms with Crippen molar-refractivity contribution in [2.45, 2.75) is 12.8 Å². The van der Waals surface area contributed by atoms with E-state index < -0.39 is 0 Å². The molecule has 0 radical (unpaired) electrons. The standard InChI is InChI=1S/C11H12Cl2N4O/c12-8-3-4-9(10(13)7-8)11(18)15-5-1-2-6-16-17-14/h3-4,7H,1-2,5-6H2,(H,15,18). The number of carbonyl (C=O) groups is 1. The van der Waals surface area contributed by atoms with Crippen LogP contribution in [0.1, 0.15) is 23.2 Å². The predicted octanol–water partition coefficient (Wildman–Crippen LogP) is 3.81. The molecule has 0 bridgehead atoms. The van der Waals surface area contributed by atoms with E-state index >= 15 is 0 Å². The lowest BCUT2D eigenvalue weighted by atomic mass is 10.2. The van der Waals surface area contributed by atoms with E-state index in [9.17, 15) is 4.79 Å². The van der Waals surface area contributed by atoms with Gasteiger partial charge in [0.1, 0.15) is 0 Å². The van der Waals surface area contributed by atoms with Crippen LogP contribution in [-0.4, -0.2) is 19.0 Å². The molecule has 7 heteroatoms. The Hall–Kier alpha value is -1.42. The summed E-state index contributed by atoms with van der Waals surface area (Å²) in [6, 6.07) is 4.73. The van der Waals surface area contributed by atoms with E-state index in [1.807, 2.05) is 0 Å². The first-order valence-electron chi connectivity index (χ1n) is 5.39. The highest BCUT2D eigenvalue weighted by Crippen LogP contribution is 2.20. The van der Waals surface area contributed by atoms with Gasteiger partial charge in [-0.15, -0.1) is 0 Å². The summed E-state index contributed by atoms with van der Waals surface area (Å²) in [5.41, 5.74) is 8.47. The van der Waals surface area contributed by atoms with Gasteiger partial charge in [0.2, 0.25) is 0 Å². The molecule has 0 atom stereocenters. The fraction of sp³-hybridized carbons (Fsp3) is 0.364. The molecule has 0 saturated carbocycles. The van der Waals surface area contributed by atoms with Crippen LogP contribution < -0.4 is 5.32 Å². The maximum absolute atomic E-state index is 11.7. The van der Waals surface area contributed by atoms with E-state index in [1.165, 1.54) is 6.07 Å². The van der Waals surface area contributed by atoms with E-state index in [2.05, 4.69) is 15.3 Å². The molecule has 0 aliphatic rings. The van der Waals surface area contributed by atoms with Crippen molar-refractivity contribution >= 4 is 29.1 Å². The predicted molar refractivity (Wildman–Crippen MR) is 72.0 cm³/mol. The molecule has 1 aromatic carbocycles. The third-order valence-electron chi connectivity index (χ3n) is 2.21. The molecular weight excluding hydrogens is 275 g/mol. The number of halogens is 2. The average molecular weight is 287 g/mol. The largest absolute Gasteiger partial charge is 0.352 e. The zero-order chi connectivity index (χ0) is 13.4. The molecule has 0 aliphatic carbocycles. The molecule has 5 nitrogen and oxygen atoms in total. The second kappa shape index (κ2) is 7.82. The number of hydrogen-bond donors (Lipinski definition) is 1. The Bertz CT molecular complexity index is 472. The number of benzene rings is 1. The van der Waals surface area contributed by atoms with Crippen LogP contribution in [0.5, 0.6) is 0 Å². The van der Waals surface area contributed by atoms with Gasteiger partial charge in [0.15, 0.2) is 0 Å². The lowest BCUT2D eigenvalue weighted by Crippen LogP contribution is -2.24. The average Bonchev–Trinajstić information content (AvgIpc) is 2.33. The smallest absolute Gasteiger partial charge is 0.252 e. The topological polar surface area (TPSA) is 77.9 Å². The quantitative estimate of drug-likeness (QED) is 0.367. The Morgan fingerprint density at radius 3 is 2.83 bits per heavy atom. The van der Waals surface area contributed by atoms with Gasteiger partial charge >= 0.3 is 0 Å². The van der Waals surface area contributed by atoms with Crippen molar-refractivity contribution < 1.29 is 4.79 Å². The number of amides is 1. The highest BCUT2D eigenvalue weighted by molar-refractivity contribution is 6.36. The lowest BCUT2D eigenvalue weighted by Gasteiger charge is -2.06. The molecule has 1 aromatic rings. The summed E-state index contributed by atoms with van der Waals surface area (Å²) in [5.74, 6) is -0.236. The third-order valence-corrected chi connectivity index (χ3v) is 2.76. The normalized spacial score (nSPS) is 9.67. The second-order valence-corrected chi connectivity index (χ2v) is 4.39. The molecule has 0 aromatic heterocycles. The molecular formula is C11H12Cl2N4O. The first kappa shape index (κ1) is 14.6. The molecule has 18 heavy (non-hydrogen) atoms. The SMILES string of the molecule is [N-]=[N+]=NCCCCNC(=O)c1ccc(Cl)cc1Cl.